The largest absolute Gasteiger partial charge is 0.462 e. The summed E-state index contributed by atoms with van der Waals surface area (Å²) < 4.78 is 5.21. The number of hydrogen-bond donors (Lipinski definition) is 2. The van der Waals surface area contributed by atoms with Gasteiger partial charge in [0.2, 0.25) is 0 Å². The maximum absolute atomic E-state index is 12.4. The number of thiocarbonyl (C=S) groups is 1. The van der Waals surface area contributed by atoms with Crippen LogP contribution < -0.4 is 10.6 Å². The zero-order valence-electron chi connectivity index (χ0n) is 15.6. The lowest BCUT2D eigenvalue weighted by Crippen LogP contribution is -2.31. The van der Waals surface area contributed by atoms with Crippen LogP contribution in [0.3, 0.4) is 0 Å². The van der Waals surface area contributed by atoms with Crippen LogP contribution in [-0.2, 0) is 4.74 Å². The normalized spacial score (nSPS) is 11.5. The Morgan fingerprint density at radius 1 is 1.21 bits per heavy atom. The van der Waals surface area contributed by atoms with E-state index in [4.69, 9.17) is 17.0 Å². The lowest BCUT2D eigenvalue weighted by Gasteiger charge is -2.17. The Hall–Kier alpha value is -2.77. The van der Waals surface area contributed by atoms with Crippen LogP contribution in [0, 0.1) is 0 Å². The minimum absolute atomic E-state index is 0.00241. The molecule has 3 aromatic rings. The van der Waals surface area contributed by atoms with Crippen molar-refractivity contribution in [1.82, 2.24) is 10.3 Å². The molecule has 0 amide bonds. The van der Waals surface area contributed by atoms with Gasteiger partial charge in [-0.3, -0.25) is 4.98 Å². The minimum atomic E-state index is -0.367. The Balaban J connectivity index is 1.80. The van der Waals surface area contributed by atoms with Crippen LogP contribution in [0.25, 0.3) is 10.4 Å². The number of hydrogen-bond acceptors (Lipinski definition) is 5. The molecule has 0 saturated carbocycles. The third-order valence-electron chi connectivity index (χ3n) is 4.07. The number of esters is 1. The summed E-state index contributed by atoms with van der Waals surface area (Å²) in [6.45, 7) is 4.12. The van der Waals surface area contributed by atoms with Gasteiger partial charge in [0.15, 0.2) is 5.11 Å². The summed E-state index contributed by atoms with van der Waals surface area (Å²) in [7, 11) is 0. The second-order valence-electron chi connectivity index (χ2n) is 6.04. The molecule has 0 aliphatic rings. The molecule has 0 bridgehead atoms. The van der Waals surface area contributed by atoms with Gasteiger partial charge in [-0.2, -0.15) is 0 Å². The van der Waals surface area contributed by atoms with Crippen molar-refractivity contribution in [2.45, 2.75) is 19.9 Å². The van der Waals surface area contributed by atoms with E-state index in [0.717, 1.165) is 16.0 Å². The molecule has 0 aliphatic carbocycles. The van der Waals surface area contributed by atoms with E-state index in [1.807, 2.05) is 55.5 Å². The van der Waals surface area contributed by atoms with Crippen molar-refractivity contribution in [3.63, 3.8) is 0 Å². The van der Waals surface area contributed by atoms with Gasteiger partial charge in [-0.15, -0.1) is 11.3 Å². The molecule has 1 aromatic carbocycles. The molecule has 144 valence electrons. The first-order valence-corrected chi connectivity index (χ1v) is 10.1. The third kappa shape index (κ3) is 4.94. The van der Waals surface area contributed by atoms with Crippen LogP contribution in [0.5, 0.6) is 0 Å². The van der Waals surface area contributed by atoms with Crippen molar-refractivity contribution in [3.8, 4) is 10.4 Å². The summed E-state index contributed by atoms with van der Waals surface area (Å²) in [5.41, 5.74) is 2.59. The van der Waals surface area contributed by atoms with Gasteiger partial charge in [-0.1, -0.05) is 30.3 Å². The van der Waals surface area contributed by atoms with Crippen molar-refractivity contribution in [2.75, 3.05) is 11.9 Å². The van der Waals surface area contributed by atoms with Crippen LogP contribution in [0.4, 0.5) is 5.00 Å². The summed E-state index contributed by atoms with van der Waals surface area (Å²) >= 11 is 6.93. The second kappa shape index (κ2) is 9.43. The number of carbonyl (C=O) groups is 1. The monoisotopic (exact) mass is 411 g/mol. The van der Waals surface area contributed by atoms with Gasteiger partial charge in [0.25, 0.3) is 0 Å². The highest BCUT2D eigenvalue weighted by molar-refractivity contribution is 7.80. The fourth-order valence-electron chi connectivity index (χ4n) is 2.66. The lowest BCUT2D eigenvalue weighted by molar-refractivity contribution is 0.0528. The molecular weight excluding hydrogens is 390 g/mol. The number of benzene rings is 1. The summed E-state index contributed by atoms with van der Waals surface area (Å²) in [5.74, 6) is -0.367. The number of thiophene rings is 1. The van der Waals surface area contributed by atoms with Gasteiger partial charge in [0.05, 0.1) is 18.2 Å². The SMILES string of the molecule is CCOC(=O)c1cc(-c2ccccc2)sc1NC(=S)NC(C)c1ccncc1. The molecule has 2 aromatic heterocycles. The van der Waals surface area contributed by atoms with Gasteiger partial charge in [-0.25, -0.2) is 4.79 Å². The molecule has 0 aliphatic heterocycles. The fourth-order valence-corrected chi connectivity index (χ4v) is 4.06. The highest BCUT2D eigenvalue weighted by Crippen LogP contribution is 2.36. The van der Waals surface area contributed by atoms with Crippen LogP contribution in [0.15, 0.2) is 60.9 Å². The van der Waals surface area contributed by atoms with Crippen molar-refractivity contribution < 1.29 is 9.53 Å². The Bertz CT molecular complexity index is 943. The lowest BCUT2D eigenvalue weighted by atomic mass is 10.1. The molecule has 3 rings (SSSR count). The first kappa shape index (κ1) is 20.0. The number of nitrogens with one attached hydrogen (secondary N) is 2. The fraction of sp³-hybridized carbons (Fsp3) is 0.190. The highest BCUT2D eigenvalue weighted by Gasteiger charge is 2.19. The number of ether oxygens (including phenoxy) is 1. The molecule has 1 unspecified atom stereocenters. The molecule has 7 heteroatoms. The Morgan fingerprint density at radius 2 is 1.93 bits per heavy atom. The zero-order valence-corrected chi connectivity index (χ0v) is 17.3. The summed E-state index contributed by atoms with van der Waals surface area (Å²) in [5, 5.41) is 7.51. The van der Waals surface area contributed by atoms with Crippen molar-refractivity contribution in [2.24, 2.45) is 0 Å². The van der Waals surface area contributed by atoms with E-state index in [1.54, 1.807) is 19.3 Å². The molecule has 28 heavy (non-hydrogen) atoms. The summed E-state index contributed by atoms with van der Waals surface area (Å²) in [6.07, 6.45) is 3.49. The predicted octanol–water partition coefficient (Wildman–Crippen LogP) is 5.03. The summed E-state index contributed by atoms with van der Waals surface area (Å²) in [6, 6.07) is 15.6. The maximum Gasteiger partial charge on any atom is 0.341 e. The Morgan fingerprint density at radius 3 is 2.61 bits per heavy atom. The maximum atomic E-state index is 12.4. The molecule has 0 spiro atoms. The number of pyridine rings is 1. The standard InChI is InChI=1S/C21H21N3O2S2/c1-3-26-20(25)17-13-18(16-7-5-4-6-8-16)28-19(17)24-21(27)23-14(2)15-9-11-22-12-10-15/h4-14H,3H2,1-2H3,(H2,23,24,27). The molecule has 0 saturated heterocycles. The van der Waals surface area contributed by atoms with Crippen LogP contribution >= 0.6 is 23.6 Å². The Labute approximate surface area is 173 Å². The van der Waals surface area contributed by atoms with Gasteiger partial charge >= 0.3 is 5.97 Å². The predicted molar refractivity (Wildman–Crippen MR) is 118 cm³/mol. The van der Waals surface area contributed by atoms with E-state index in [0.29, 0.717) is 22.3 Å². The molecule has 5 nitrogen and oxygen atoms in total. The molecule has 1 atom stereocenters. The van der Waals surface area contributed by atoms with E-state index >= 15 is 0 Å². The van der Waals surface area contributed by atoms with Gasteiger partial charge in [0.1, 0.15) is 5.00 Å². The molecule has 0 fully saturated rings. The molecule has 2 heterocycles. The first-order valence-electron chi connectivity index (χ1n) is 8.92. The van der Waals surface area contributed by atoms with Crippen LogP contribution in [-0.4, -0.2) is 22.7 Å². The Kier molecular flexibility index (Phi) is 6.73. The number of anilines is 1. The second-order valence-corrected chi connectivity index (χ2v) is 7.50. The average Bonchev–Trinajstić information content (AvgIpc) is 3.13. The quantitative estimate of drug-likeness (QED) is 0.438. The number of rotatable bonds is 6. The average molecular weight is 412 g/mol. The van der Waals surface area contributed by atoms with Crippen LogP contribution in [0.2, 0.25) is 0 Å². The smallest absolute Gasteiger partial charge is 0.341 e. The van der Waals surface area contributed by atoms with E-state index in [-0.39, 0.29) is 12.0 Å². The minimum Gasteiger partial charge on any atom is -0.462 e. The van der Waals surface area contributed by atoms with Crippen molar-refractivity contribution in [1.29, 1.82) is 0 Å². The molecule has 0 radical (unpaired) electrons. The van der Waals surface area contributed by atoms with E-state index in [1.165, 1.54) is 11.3 Å². The van der Waals surface area contributed by atoms with Gasteiger partial charge in [0, 0.05) is 17.3 Å². The van der Waals surface area contributed by atoms with E-state index < -0.39 is 0 Å². The number of aromatic nitrogens is 1. The zero-order chi connectivity index (χ0) is 19.9. The van der Waals surface area contributed by atoms with E-state index in [2.05, 4.69) is 15.6 Å². The first-order chi connectivity index (χ1) is 13.6. The van der Waals surface area contributed by atoms with Gasteiger partial charge < -0.3 is 15.4 Å². The van der Waals surface area contributed by atoms with Crippen LogP contribution in [0.1, 0.15) is 35.8 Å². The topological polar surface area (TPSA) is 63.2 Å². The number of nitrogens with zero attached hydrogens (tertiary/aromatic N) is 1. The summed E-state index contributed by atoms with van der Waals surface area (Å²) in [4.78, 5) is 17.4. The van der Waals surface area contributed by atoms with Crippen molar-refractivity contribution in [3.05, 3.63) is 72.1 Å². The van der Waals surface area contributed by atoms with Crippen molar-refractivity contribution >= 4 is 39.6 Å². The third-order valence-corrected chi connectivity index (χ3v) is 5.39. The number of carbonyl (C=O) groups excluding carboxylic acids is 1. The van der Waals surface area contributed by atoms with E-state index in [9.17, 15) is 4.79 Å². The van der Waals surface area contributed by atoms with Gasteiger partial charge in [-0.05, 0) is 55.4 Å². The molecule has 2 N–H and O–H groups in total. The highest BCUT2D eigenvalue weighted by atomic mass is 32.1. The molecular formula is C21H21N3O2S2.